The molecule has 1 N–H and O–H groups in total. The summed E-state index contributed by atoms with van der Waals surface area (Å²) >= 11 is 0. The van der Waals surface area contributed by atoms with Crippen LogP contribution in [0, 0.1) is 0 Å². The molecule has 0 fully saturated rings. The molecule has 3 aromatic carbocycles. The van der Waals surface area contributed by atoms with Crippen molar-refractivity contribution >= 4 is 0 Å². The summed E-state index contributed by atoms with van der Waals surface area (Å²) < 4.78 is 0. The topological polar surface area (TPSA) is 41.6 Å². The number of hydrogen-bond donors (Lipinski definition) is 1. The van der Waals surface area contributed by atoms with Crippen LogP contribution in [-0.4, -0.2) is 15.4 Å². The summed E-state index contributed by atoms with van der Waals surface area (Å²) in [6.45, 7) is 0. The van der Waals surface area contributed by atoms with Crippen molar-refractivity contribution in [3.8, 4) is 0 Å². The van der Waals surface area contributed by atoms with Crippen LogP contribution in [0.5, 0.6) is 0 Å². The molecular formula is C26H23N3. The average molecular weight is 377 g/mol. The highest BCUT2D eigenvalue weighted by Gasteiger charge is 2.40. The summed E-state index contributed by atoms with van der Waals surface area (Å²) in [4.78, 5) is 0. The van der Waals surface area contributed by atoms with E-state index in [-0.39, 0.29) is 11.3 Å². The second kappa shape index (κ2) is 8.98. The maximum absolute atomic E-state index is 3.49. The molecule has 0 spiro atoms. The second-order valence-corrected chi connectivity index (χ2v) is 6.89. The Morgan fingerprint density at radius 3 is 1.62 bits per heavy atom. The molecule has 1 aliphatic rings. The lowest BCUT2D eigenvalue weighted by Gasteiger charge is -2.40. The van der Waals surface area contributed by atoms with Crippen molar-refractivity contribution in [1.82, 2.24) is 15.4 Å². The smallest absolute Gasteiger partial charge is 0.0690 e. The molecule has 0 saturated heterocycles. The van der Waals surface area contributed by atoms with E-state index >= 15 is 0 Å². The van der Waals surface area contributed by atoms with Crippen LogP contribution in [0.4, 0.5) is 0 Å². The zero-order valence-electron chi connectivity index (χ0n) is 16.1. The normalized spacial score (nSPS) is 16.6. The first-order valence-corrected chi connectivity index (χ1v) is 9.73. The third-order valence-corrected chi connectivity index (χ3v) is 5.26. The highest BCUT2D eigenvalue weighted by atomic mass is 15.3. The lowest BCUT2D eigenvalue weighted by molar-refractivity contribution is 0.565. The van der Waals surface area contributed by atoms with E-state index in [2.05, 4.69) is 131 Å². The molecule has 1 heterocycles. The minimum absolute atomic E-state index is 0.182. The number of aromatic nitrogens is 3. The molecule has 1 unspecified atom stereocenters. The van der Waals surface area contributed by atoms with Crippen LogP contribution in [0.3, 0.4) is 0 Å². The summed E-state index contributed by atoms with van der Waals surface area (Å²) in [6.07, 6.45) is 12.2. The Balaban J connectivity index is 0.000000359. The summed E-state index contributed by atoms with van der Waals surface area (Å²) in [5, 5.41) is 9.33. The Kier molecular flexibility index (Phi) is 5.77. The Morgan fingerprint density at radius 1 is 0.621 bits per heavy atom. The lowest BCUT2D eigenvalue weighted by atomic mass is 9.62. The Hall–Kier alpha value is -3.72. The Bertz CT molecular complexity index is 980. The number of rotatable bonds is 3. The third kappa shape index (κ3) is 3.94. The van der Waals surface area contributed by atoms with Crippen molar-refractivity contribution in [2.45, 2.75) is 11.3 Å². The number of nitrogens with one attached hydrogen (secondary N) is 1. The van der Waals surface area contributed by atoms with Crippen LogP contribution < -0.4 is 0 Å². The molecule has 1 aliphatic carbocycles. The minimum atomic E-state index is -0.182. The van der Waals surface area contributed by atoms with Gasteiger partial charge in [0.2, 0.25) is 0 Å². The van der Waals surface area contributed by atoms with Gasteiger partial charge in [0.25, 0.3) is 0 Å². The fraction of sp³-hybridized carbons (Fsp3) is 0.0769. The van der Waals surface area contributed by atoms with Gasteiger partial charge >= 0.3 is 0 Å². The predicted octanol–water partition coefficient (Wildman–Crippen LogP) is 5.69. The molecule has 3 nitrogen and oxygen atoms in total. The molecule has 29 heavy (non-hydrogen) atoms. The number of benzene rings is 3. The Morgan fingerprint density at radius 2 is 1.14 bits per heavy atom. The van der Waals surface area contributed by atoms with Gasteiger partial charge in [-0.15, -0.1) is 0 Å². The van der Waals surface area contributed by atoms with Crippen molar-refractivity contribution in [2.75, 3.05) is 0 Å². The van der Waals surface area contributed by atoms with Gasteiger partial charge in [-0.25, -0.2) is 0 Å². The van der Waals surface area contributed by atoms with Crippen LogP contribution in [0.1, 0.15) is 22.6 Å². The monoisotopic (exact) mass is 377 g/mol. The number of nitrogens with zero attached hydrogens (tertiary/aromatic N) is 2. The molecule has 1 aromatic heterocycles. The summed E-state index contributed by atoms with van der Waals surface area (Å²) in [7, 11) is 0. The van der Waals surface area contributed by atoms with Crippen molar-refractivity contribution in [2.24, 2.45) is 0 Å². The first kappa shape index (κ1) is 18.6. The van der Waals surface area contributed by atoms with Crippen LogP contribution in [0.15, 0.2) is 128 Å². The van der Waals surface area contributed by atoms with E-state index in [0.29, 0.717) is 0 Å². The highest BCUT2D eigenvalue weighted by molar-refractivity contribution is 5.53. The zero-order valence-corrected chi connectivity index (χ0v) is 16.1. The van der Waals surface area contributed by atoms with E-state index in [1.54, 1.807) is 12.4 Å². The average Bonchev–Trinajstić information content (AvgIpc) is 3.41. The van der Waals surface area contributed by atoms with Crippen molar-refractivity contribution in [3.05, 3.63) is 144 Å². The van der Waals surface area contributed by atoms with Crippen LogP contribution in [-0.2, 0) is 5.41 Å². The number of aromatic amines is 1. The largest absolute Gasteiger partial charge is 0.198 e. The first-order chi connectivity index (χ1) is 14.4. The number of allylic oxidation sites excluding steroid dienone is 4. The maximum Gasteiger partial charge on any atom is 0.0690 e. The molecule has 0 radical (unpaired) electrons. The van der Waals surface area contributed by atoms with E-state index in [9.17, 15) is 0 Å². The minimum Gasteiger partial charge on any atom is -0.198 e. The lowest BCUT2D eigenvalue weighted by Crippen LogP contribution is -2.33. The van der Waals surface area contributed by atoms with E-state index < -0.39 is 0 Å². The zero-order chi connectivity index (χ0) is 19.8. The van der Waals surface area contributed by atoms with Gasteiger partial charge in [-0.2, -0.15) is 15.4 Å². The molecule has 0 bridgehead atoms. The van der Waals surface area contributed by atoms with Gasteiger partial charge in [0.1, 0.15) is 0 Å². The number of H-pyrrole nitrogens is 1. The first-order valence-electron chi connectivity index (χ1n) is 9.73. The van der Waals surface area contributed by atoms with E-state index in [1.807, 2.05) is 0 Å². The molecule has 1 atom stereocenters. The number of hydrogen-bond acceptors (Lipinski definition) is 2. The van der Waals surface area contributed by atoms with Gasteiger partial charge in [-0.1, -0.05) is 115 Å². The quantitative estimate of drug-likeness (QED) is 0.498. The molecule has 5 rings (SSSR count). The highest BCUT2D eigenvalue weighted by Crippen LogP contribution is 2.48. The third-order valence-electron chi connectivity index (χ3n) is 5.26. The van der Waals surface area contributed by atoms with Gasteiger partial charge < -0.3 is 0 Å². The fourth-order valence-corrected chi connectivity index (χ4v) is 3.99. The van der Waals surface area contributed by atoms with Crippen molar-refractivity contribution < 1.29 is 0 Å². The summed E-state index contributed by atoms with van der Waals surface area (Å²) in [5.41, 5.74) is 3.81. The second-order valence-electron chi connectivity index (χ2n) is 6.89. The molecule has 4 aromatic rings. The summed E-state index contributed by atoms with van der Waals surface area (Å²) in [6, 6.07) is 32.5. The van der Waals surface area contributed by atoms with Gasteiger partial charge in [-0.3, -0.25) is 0 Å². The predicted molar refractivity (Wildman–Crippen MR) is 118 cm³/mol. The van der Waals surface area contributed by atoms with Gasteiger partial charge in [-0.05, 0) is 16.7 Å². The molecular weight excluding hydrogens is 354 g/mol. The van der Waals surface area contributed by atoms with Crippen LogP contribution in [0.2, 0.25) is 0 Å². The fourth-order valence-electron chi connectivity index (χ4n) is 3.99. The van der Waals surface area contributed by atoms with Gasteiger partial charge in [0, 0.05) is 11.3 Å². The van der Waals surface area contributed by atoms with Gasteiger partial charge in [0.05, 0.1) is 12.4 Å². The standard InChI is InChI=1S/C24H20.C2H3N3/c1-4-12-20(13-5-1)23-18-10-11-19-24(23,21-14-6-2-7-15-21)22-16-8-3-9-17-22;1-2-4-5-3-1/h1-19,23H;1-2H,(H,3,4,5). The molecule has 0 amide bonds. The van der Waals surface area contributed by atoms with Crippen molar-refractivity contribution in [3.63, 3.8) is 0 Å². The van der Waals surface area contributed by atoms with E-state index in [4.69, 9.17) is 0 Å². The molecule has 3 heteroatoms. The van der Waals surface area contributed by atoms with E-state index in [0.717, 1.165) is 0 Å². The SMILES string of the molecule is C1=CC(c2ccccc2)C(c2ccccc2)(c2ccccc2)C=C1.c1cn[nH]n1. The molecule has 142 valence electrons. The van der Waals surface area contributed by atoms with E-state index in [1.165, 1.54) is 16.7 Å². The molecule has 0 saturated carbocycles. The Labute approximate surface area is 171 Å². The van der Waals surface area contributed by atoms with Crippen LogP contribution >= 0.6 is 0 Å². The van der Waals surface area contributed by atoms with Crippen LogP contribution in [0.25, 0.3) is 0 Å². The van der Waals surface area contributed by atoms with Crippen molar-refractivity contribution in [1.29, 1.82) is 0 Å². The summed E-state index contributed by atoms with van der Waals surface area (Å²) in [5.74, 6) is 0.272. The van der Waals surface area contributed by atoms with Gasteiger partial charge in [0.15, 0.2) is 0 Å². The maximum atomic E-state index is 3.49. The molecule has 0 aliphatic heterocycles.